The van der Waals surface area contributed by atoms with E-state index in [1.165, 1.54) is 12.1 Å². The molecule has 2 aromatic rings. The van der Waals surface area contributed by atoms with Crippen molar-refractivity contribution in [3.05, 3.63) is 45.5 Å². The first-order valence-corrected chi connectivity index (χ1v) is 8.50. The van der Waals surface area contributed by atoms with Crippen LogP contribution in [0.3, 0.4) is 0 Å². The SMILES string of the molecule is O=C(Nc1ccc(Cl)c(Br)n1)C1(c2ccc3c(c2)OC(F)(F)O3)CC1. The molecule has 1 saturated carbocycles. The zero-order valence-electron chi connectivity index (χ0n) is 12.5. The molecule has 1 aromatic heterocycles. The highest BCUT2D eigenvalue weighted by Gasteiger charge is 2.52. The zero-order chi connectivity index (χ0) is 17.8. The zero-order valence-corrected chi connectivity index (χ0v) is 14.8. The first kappa shape index (κ1) is 16.5. The number of carbonyl (C=O) groups excluding carboxylic acids is 1. The van der Waals surface area contributed by atoms with Crippen LogP contribution in [0.5, 0.6) is 11.5 Å². The van der Waals surface area contributed by atoms with E-state index in [0.717, 1.165) is 0 Å². The largest absolute Gasteiger partial charge is 0.586 e. The summed E-state index contributed by atoms with van der Waals surface area (Å²) in [5, 5.41) is 3.16. The van der Waals surface area contributed by atoms with Crippen molar-refractivity contribution in [1.82, 2.24) is 4.98 Å². The summed E-state index contributed by atoms with van der Waals surface area (Å²) < 4.78 is 35.6. The first-order valence-electron chi connectivity index (χ1n) is 7.33. The quantitative estimate of drug-likeness (QED) is 0.728. The minimum atomic E-state index is -3.68. The minimum absolute atomic E-state index is 0.0479. The fraction of sp³-hybridized carbons (Fsp3) is 0.250. The van der Waals surface area contributed by atoms with E-state index in [0.29, 0.717) is 33.8 Å². The molecule has 2 heterocycles. The van der Waals surface area contributed by atoms with Gasteiger partial charge in [0.25, 0.3) is 0 Å². The summed E-state index contributed by atoms with van der Waals surface area (Å²) in [5.74, 6) is -0.0399. The van der Waals surface area contributed by atoms with E-state index in [-0.39, 0.29) is 17.4 Å². The number of aromatic nitrogens is 1. The van der Waals surface area contributed by atoms with Crippen molar-refractivity contribution in [2.45, 2.75) is 24.6 Å². The summed E-state index contributed by atoms with van der Waals surface area (Å²) in [6.07, 6.45) is -2.48. The van der Waals surface area contributed by atoms with Crippen LogP contribution in [-0.4, -0.2) is 17.2 Å². The second-order valence-corrected chi connectivity index (χ2v) is 6.99. The van der Waals surface area contributed by atoms with Gasteiger partial charge in [-0.3, -0.25) is 4.79 Å². The number of ether oxygens (including phenoxy) is 2. The molecule has 5 nitrogen and oxygen atoms in total. The van der Waals surface area contributed by atoms with E-state index in [1.807, 2.05) is 0 Å². The van der Waals surface area contributed by atoms with Crippen LogP contribution in [0.4, 0.5) is 14.6 Å². The van der Waals surface area contributed by atoms with Gasteiger partial charge in [-0.1, -0.05) is 17.7 Å². The van der Waals surface area contributed by atoms with Crippen LogP contribution >= 0.6 is 27.5 Å². The Morgan fingerprint density at radius 3 is 2.60 bits per heavy atom. The summed E-state index contributed by atoms with van der Waals surface area (Å²) in [5.41, 5.74) is -0.192. The number of nitrogens with one attached hydrogen (secondary N) is 1. The number of hydrogen-bond donors (Lipinski definition) is 1. The molecule has 1 amide bonds. The highest BCUT2D eigenvalue weighted by molar-refractivity contribution is 9.10. The molecule has 1 N–H and O–H groups in total. The number of carbonyl (C=O) groups is 1. The molecule has 2 aliphatic rings. The van der Waals surface area contributed by atoms with Gasteiger partial charge in [0.15, 0.2) is 11.5 Å². The standard InChI is InChI=1S/C16H10BrClF2N2O3/c17-13-9(18)2-4-12(21-13)22-14(23)15(5-6-15)8-1-3-10-11(7-8)25-16(19,20)24-10/h1-4,7H,5-6H2,(H,21,22,23). The second kappa shape index (κ2) is 5.54. The van der Waals surface area contributed by atoms with Crippen LogP contribution in [0.15, 0.2) is 34.9 Å². The Morgan fingerprint density at radius 1 is 1.20 bits per heavy atom. The van der Waals surface area contributed by atoms with E-state index in [4.69, 9.17) is 11.6 Å². The maximum absolute atomic E-state index is 13.2. The number of fused-ring (bicyclic) bond motifs is 1. The van der Waals surface area contributed by atoms with E-state index in [1.54, 1.807) is 18.2 Å². The lowest BCUT2D eigenvalue weighted by atomic mass is 9.94. The number of halogens is 4. The maximum atomic E-state index is 13.2. The van der Waals surface area contributed by atoms with Crippen LogP contribution in [0.1, 0.15) is 18.4 Å². The van der Waals surface area contributed by atoms with E-state index >= 15 is 0 Å². The number of benzene rings is 1. The number of anilines is 1. The highest BCUT2D eigenvalue weighted by atomic mass is 79.9. The average Bonchev–Trinajstić information content (AvgIpc) is 3.28. The smallest absolute Gasteiger partial charge is 0.395 e. The predicted molar refractivity (Wildman–Crippen MR) is 89.1 cm³/mol. The lowest BCUT2D eigenvalue weighted by Gasteiger charge is -2.16. The number of rotatable bonds is 3. The third-order valence-corrected chi connectivity index (χ3v) is 5.32. The van der Waals surface area contributed by atoms with Crippen LogP contribution in [0.2, 0.25) is 5.02 Å². The molecule has 1 fully saturated rings. The Kier molecular flexibility index (Phi) is 3.66. The highest BCUT2D eigenvalue weighted by Crippen LogP contribution is 2.52. The monoisotopic (exact) mass is 430 g/mol. The molecule has 0 atom stereocenters. The maximum Gasteiger partial charge on any atom is 0.586 e. The number of hydrogen-bond acceptors (Lipinski definition) is 4. The Morgan fingerprint density at radius 2 is 1.92 bits per heavy atom. The summed E-state index contributed by atoms with van der Waals surface area (Å²) in [6, 6.07) is 7.60. The summed E-state index contributed by atoms with van der Waals surface area (Å²) in [7, 11) is 0. The van der Waals surface area contributed by atoms with E-state index in [9.17, 15) is 13.6 Å². The van der Waals surface area contributed by atoms with Crippen LogP contribution in [0, 0.1) is 0 Å². The average molecular weight is 432 g/mol. The van der Waals surface area contributed by atoms with Crippen molar-refractivity contribution in [3.8, 4) is 11.5 Å². The van der Waals surface area contributed by atoms with Gasteiger partial charge in [0.05, 0.1) is 10.4 Å². The molecule has 0 saturated heterocycles. The third kappa shape index (κ3) is 2.93. The topological polar surface area (TPSA) is 60.5 Å². The van der Waals surface area contributed by atoms with Gasteiger partial charge >= 0.3 is 6.29 Å². The molecule has 1 aliphatic carbocycles. The number of pyridine rings is 1. The normalized spacial score (nSPS) is 18.7. The molecule has 4 rings (SSSR count). The van der Waals surface area contributed by atoms with Gasteiger partial charge in [-0.2, -0.15) is 0 Å². The van der Waals surface area contributed by atoms with Crippen molar-refractivity contribution in [2.75, 3.05) is 5.32 Å². The summed E-state index contributed by atoms with van der Waals surface area (Å²) in [6.45, 7) is 0. The Labute approximate surface area is 154 Å². The Bertz CT molecular complexity index is 890. The van der Waals surface area contributed by atoms with Gasteiger partial charge in [0.1, 0.15) is 10.4 Å². The molecule has 25 heavy (non-hydrogen) atoms. The molecular weight excluding hydrogens is 422 g/mol. The first-order chi connectivity index (χ1) is 11.8. The second-order valence-electron chi connectivity index (χ2n) is 5.83. The van der Waals surface area contributed by atoms with Gasteiger partial charge in [-0.25, -0.2) is 4.98 Å². The van der Waals surface area contributed by atoms with Gasteiger partial charge in [-0.15, -0.1) is 8.78 Å². The minimum Gasteiger partial charge on any atom is -0.395 e. The molecule has 0 spiro atoms. The molecular formula is C16H10BrClF2N2O3. The lowest BCUT2D eigenvalue weighted by molar-refractivity contribution is -0.286. The Balaban J connectivity index is 1.58. The van der Waals surface area contributed by atoms with Crippen molar-refractivity contribution in [1.29, 1.82) is 0 Å². The van der Waals surface area contributed by atoms with E-state index < -0.39 is 11.7 Å². The van der Waals surface area contributed by atoms with Crippen molar-refractivity contribution >= 4 is 39.3 Å². The molecule has 9 heteroatoms. The molecule has 1 aromatic carbocycles. The molecule has 0 bridgehead atoms. The van der Waals surface area contributed by atoms with E-state index in [2.05, 4.69) is 35.7 Å². The van der Waals surface area contributed by atoms with Gasteiger partial charge in [-0.05, 0) is 58.6 Å². The van der Waals surface area contributed by atoms with Crippen molar-refractivity contribution in [2.24, 2.45) is 0 Å². The number of nitrogens with zero attached hydrogens (tertiary/aromatic N) is 1. The van der Waals surface area contributed by atoms with Crippen LogP contribution in [-0.2, 0) is 10.2 Å². The van der Waals surface area contributed by atoms with Gasteiger partial charge in [0.2, 0.25) is 5.91 Å². The summed E-state index contributed by atoms with van der Waals surface area (Å²) in [4.78, 5) is 16.8. The molecule has 1 aliphatic heterocycles. The predicted octanol–water partition coefficient (Wildman–Crippen LogP) is 4.49. The fourth-order valence-electron chi connectivity index (χ4n) is 2.74. The number of amides is 1. The number of alkyl halides is 2. The van der Waals surface area contributed by atoms with Crippen molar-refractivity contribution in [3.63, 3.8) is 0 Å². The van der Waals surface area contributed by atoms with Crippen molar-refractivity contribution < 1.29 is 23.0 Å². The Hall–Kier alpha value is -1.93. The van der Waals surface area contributed by atoms with Crippen LogP contribution in [0.25, 0.3) is 0 Å². The third-order valence-electron chi connectivity index (χ3n) is 4.18. The summed E-state index contributed by atoms with van der Waals surface area (Å²) >= 11 is 9.08. The fourth-order valence-corrected chi connectivity index (χ4v) is 3.17. The molecule has 130 valence electrons. The molecule has 0 radical (unpaired) electrons. The van der Waals surface area contributed by atoms with Gasteiger partial charge in [0, 0.05) is 0 Å². The van der Waals surface area contributed by atoms with Crippen LogP contribution < -0.4 is 14.8 Å². The lowest BCUT2D eigenvalue weighted by Crippen LogP contribution is -2.28. The molecule has 0 unspecified atom stereocenters. The van der Waals surface area contributed by atoms with Gasteiger partial charge < -0.3 is 14.8 Å².